The Balaban J connectivity index is 2.34. The van der Waals surface area contributed by atoms with Crippen LogP contribution in [0.3, 0.4) is 0 Å². The molecule has 0 atom stereocenters. The summed E-state index contributed by atoms with van der Waals surface area (Å²) >= 11 is 0. The molecule has 17 heavy (non-hydrogen) atoms. The van der Waals surface area contributed by atoms with E-state index < -0.39 is 0 Å². The molecule has 92 valence electrons. The molecule has 1 aliphatic rings. The van der Waals surface area contributed by atoms with Crippen LogP contribution in [-0.2, 0) is 4.79 Å². The number of anilines is 2. The third-order valence-electron chi connectivity index (χ3n) is 3.19. The van der Waals surface area contributed by atoms with E-state index in [-0.39, 0.29) is 5.91 Å². The molecule has 1 amide bonds. The van der Waals surface area contributed by atoms with Gasteiger partial charge in [-0.05, 0) is 50.1 Å². The fourth-order valence-corrected chi connectivity index (χ4v) is 2.09. The second-order valence-electron chi connectivity index (χ2n) is 4.57. The van der Waals surface area contributed by atoms with Crippen molar-refractivity contribution in [2.45, 2.75) is 20.3 Å². The molecule has 0 bridgehead atoms. The summed E-state index contributed by atoms with van der Waals surface area (Å²) in [6.07, 6.45) is 0.902. The van der Waals surface area contributed by atoms with Gasteiger partial charge < -0.3 is 16.0 Å². The Morgan fingerprint density at radius 2 is 2.06 bits per heavy atom. The van der Waals surface area contributed by atoms with E-state index in [9.17, 15) is 4.79 Å². The van der Waals surface area contributed by atoms with Crippen LogP contribution < -0.4 is 16.0 Å². The van der Waals surface area contributed by atoms with Crippen molar-refractivity contribution in [1.29, 1.82) is 0 Å². The third-order valence-corrected chi connectivity index (χ3v) is 3.19. The summed E-state index contributed by atoms with van der Waals surface area (Å²) in [7, 11) is 0. The van der Waals surface area contributed by atoms with E-state index in [0.29, 0.717) is 13.1 Å². The molecule has 4 heteroatoms. The highest BCUT2D eigenvalue weighted by molar-refractivity contribution is 6.01. The quantitative estimate of drug-likeness (QED) is 0.830. The number of aryl methyl sites for hydroxylation is 2. The Labute approximate surface area is 102 Å². The normalized spacial score (nSPS) is 14.5. The van der Waals surface area contributed by atoms with Crippen molar-refractivity contribution in [3.8, 4) is 0 Å². The lowest BCUT2D eigenvalue weighted by atomic mass is 10.1. The predicted molar refractivity (Wildman–Crippen MR) is 70.4 cm³/mol. The van der Waals surface area contributed by atoms with Crippen molar-refractivity contribution in [3.05, 3.63) is 23.3 Å². The van der Waals surface area contributed by atoms with Crippen LogP contribution in [0.2, 0.25) is 0 Å². The van der Waals surface area contributed by atoms with Crippen LogP contribution in [0, 0.1) is 13.8 Å². The molecule has 0 aromatic heterocycles. The zero-order valence-corrected chi connectivity index (χ0v) is 10.4. The molecule has 1 aromatic carbocycles. The number of fused-ring (bicyclic) bond motifs is 1. The lowest BCUT2D eigenvalue weighted by Crippen LogP contribution is -2.39. The first-order valence-corrected chi connectivity index (χ1v) is 5.98. The minimum Gasteiger partial charge on any atom is -0.360 e. The van der Waals surface area contributed by atoms with E-state index in [0.717, 1.165) is 24.3 Å². The van der Waals surface area contributed by atoms with Gasteiger partial charge in [0.2, 0.25) is 5.91 Å². The predicted octanol–water partition coefficient (Wildman–Crippen LogP) is 1.41. The summed E-state index contributed by atoms with van der Waals surface area (Å²) in [5.41, 5.74) is 10.0. The van der Waals surface area contributed by atoms with Crippen LogP contribution in [0.15, 0.2) is 12.1 Å². The maximum atomic E-state index is 11.6. The Bertz CT molecular complexity index is 443. The number of benzene rings is 1. The van der Waals surface area contributed by atoms with Crippen molar-refractivity contribution in [2.24, 2.45) is 5.73 Å². The van der Waals surface area contributed by atoms with Gasteiger partial charge in [-0.15, -0.1) is 0 Å². The largest absolute Gasteiger partial charge is 0.360 e. The first-order chi connectivity index (χ1) is 8.11. The van der Waals surface area contributed by atoms with Gasteiger partial charge in [0, 0.05) is 6.54 Å². The number of carbonyl (C=O) groups is 1. The zero-order chi connectivity index (χ0) is 12.4. The van der Waals surface area contributed by atoms with Crippen LogP contribution in [0.4, 0.5) is 11.4 Å². The van der Waals surface area contributed by atoms with Crippen molar-refractivity contribution >= 4 is 17.3 Å². The van der Waals surface area contributed by atoms with Crippen molar-refractivity contribution in [1.82, 2.24) is 0 Å². The minimum atomic E-state index is 0.0535. The van der Waals surface area contributed by atoms with Gasteiger partial charge in [-0.1, -0.05) is 0 Å². The van der Waals surface area contributed by atoms with E-state index in [1.165, 1.54) is 11.1 Å². The summed E-state index contributed by atoms with van der Waals surface area (Å²) < 4.78 is 0. The molecule has 1 aromatic rings. The molecule has 0 radical (unpaired) electrons. The summed E-state index contributed by atoms with van der Waals surface area (Å²) in [4.78, 5) is 13.7. The van der Waals surface area contributed by atoms with E-state index in [1.807, 2.05) is 6.07 Å². The van der Waals surface area contributed by atoms with Gasteiger partial charge in [-0.25, -0.2) is 0 Å². The number of amides is 1. The van der Waals surface area contributed by atoms with Gasteiger partial charge in [0.25, 0.3) is 0 Å². The highest BCUT2D eigenvalue weighted by Gasteiger charge is 2.21. The number of rotatable bonds is 3. The van der Waals surface area contributed by atoms with Gasteiger partial charge in [0.1, 0.15) is 0 Å². The van der Waals surface area contributed by atoms with E-state index >= 15 is 0 Å². The third kappa shape index (κ3) is 2.42. The number of carbonyl (C=O) groups excluding carboxylic acids is 1. The van der Waals surface area contributed by atoms with Crippen molar-refractivity contribution < 1.29 is 4.79 Å². The monoisotopic (exact) mass is 233 g/mol. The number of hydrogen-bond acceptors (Lipinski definition) is 3. The number of nitrogens with zero attached hydrogens (tertiary/aromatic N) is 1. The summed E-state index contributed by atoms with van der Waals surface area (Å²) in [5, 5.41) is 2.92. The first-order valence-electron chi connectivity index (χ1n) is 5.98. The van der Waals surface area contributed by atoms with Gasteiger partial charge in [0.15, 0.2) is 0 Å². The smallest absolute Gasteiger partial charge is 0.243 e. The SMILES string of the molecule is Cc1cc2c(cc1C)N(CCCN)CC(=O)N2. The molecule has 0 fully saturated rings. The van der Waals surface area contributed by atoms with Crippen LogP contribution >= 0.6 is 0 Å². The average Bonchev–Trinajstić information content (AvgIpc) is 2.28. The first kappa shape index (κ1) is 11.9. The highest BCUT2D eigenvalue weighted by atomic mass is 16.2. The Morgan fingerprint density at radius 3 is 2.76 bits per heavy atom. The standard InChI is InChI=1S/C13H19N3O/c1-9-6-11-12(7-10(9)2)16(5-3-4-14)8-13(17)15-11/h6-7H,3-5,8,14H2,1-2H3,(H,15,17). The molecule has 1 aliphatic heterocycles. The van der Waals surface area contributed by atoms with Crippen LogP contribution in [0.1, 0.15) is 17.5 Å². The summed E-state index contributed by atoms with van der Waals surface area (Å²) in [5.74, 6) is 0.0535. The molecule has 2 rings (SSSR count). The number of nitrogens with one attached hydrogen (secondary N) is 1. The summed E-state index contributed by atoms with van der Waals surface area (Å²) in [6.45, 7) is 6.06. The fraction of sp³-hybridized carbons (Fsp3) is 0.462. The van der Waals surface area contributed by atoms with E-state index in [2.05, 4.69) is 30.1 Å². The molecule has 0 aliphatic carbocycles. The van der Waals surface area contributed by atoms with Gasteiger partial charge in [-0.3, -0.25) is 4.79 Å². The lowest BCUT2D eigenvalue weighted by Gasteiger charge is -2.31. The average molecular weight is 233 g/mol. The highest BCUT2D eigenvalue weighted by Crippen LogP contribution is 2.32. The molecule has 4 nitrogen and oxygen atoms in total. The van der Waals surface area contributed by atoms with Gasteiger partial charge >= 0.3 is 0 Å². The number of hydrogen-bond donors (Lipinski definition) is 2. The Morgan fingerprint density at radius 1 is 1.35 bits per heavy atom. The molecule has 0 saturated heterocycles. The maximum Gasteiger partial charge on any atom is 0.243 e. The van der Waals surface area contributed by atoms with Crippen LogP contribution in [0.5, 0.6) is 0 Å². The Kier molecular flexibility index (Phi) is 3.33. The van der Waals surface area contributed by atoms with Crippen LogP contribution in [-0.4, -0.2) is 25.5 Å². The molecule has 0 unspecified atom stereocenters. The molecule has 1 heterocycles. The number of nitrogens with two attached hydrogens (primary N) is 1. The molecule has 3 N–H and O–H groups in total. The lowest BCUT2D eigenvalue weighted by molar-refractivity contribution is -0.115. The van der Waals surface area contributed by atoms with Gasteiger partial charge in [0.05, 0.1) is 17.9 Å². The van der Waals surface area contributed by atoms with Crippen molar-refractivity contribution in [3.63, 3.8) is 0 Å². The molecular formula is C13H19N3O. The van der Waals surface area contributed by atoms with Crippen LogP contribution in [0.25, 0.3) is 0 Å². The minimum absolute atomic E-state index is 0.0535. The van der Waals surface area contributed by atoms with Gasteiger partial charge in [-0.2, -0.15) is 0 Å². The van der Waals surface area contributed by atoms with Crippen molar-refractivity contribution in [2.75, 3.05) is 29.9 Å². The topological polar surface area (TPSA) is 58.4 Å². The second kappa shape index (κ2) is 4.75. The Hall–Kier alpha value is -1.55. The van der Waals surface area contributed by atoms with E-state index in [1.54, 1.807) is 0 Å². The second-order valence-corrected chi connectivity index (χ2v) is 4.57. The van der Waals surface area contributed by atoms with E-state index in [4.69, 9.17) is 5.73 Å². The maximum absolute atomic E-state index is 11.6. The molecule has 0 saturated carbocycles. The fourth-order valence-electron chi connectivity index (χ4n) is 2.09. The molecule has 0 spiro atoms. The molecular weight excluding hydrogens is 214 g/mol. The zero-order valence-electron chi connectivity index (χ0n) is 10.4. The summed E-state index contributed by atoms with van der Waals surface area (Å²) in [6, 6.07) is 4.18.